The van der Waals surface area contributed by atoms with Crippen molar-refractivity contribution in [1.82, 2.24) is 0 Å². The van der Waals surface area contributed by atoms with E-state index in [1.807, 2.05) is 13.8 Å². The van der Waals surface area contributed by atoms with Gasteiger partial charge in [-0.15, -0.1) is 0 Å². The van der Waals surface area contributed by atoms with Gasteiger partial charge in [-0.25, -0.2) is 0 Å². The van der Waals surface area contributed by atoms with Crippen LogP contribution in [0.15, 0.2) is 0 Å². The Morgan fingerprint density at radius 1 is 1.09 bits per heavy atom. The van der Waals surface area contributed by atoms with Gasteiger partial charge >= 0.3 is 0 Å². The zero-order chi connectivity index (χ0) is 8.85. The van der Waals surface area contributed by atoms with E-state index in [0.29, 0.717) is 5.92 Å². The smallest absolute Gasteiger partial charge is 0.0568 e. The van der Waals surface area contributed by atoms with Gasteiger partial charge in [0.1, 0.15) is 0 Å². The lowest BCUT2D eigenvalue weighted by molar-refractivity contribution is 0.0577. The molecule has 0 radical (unpaired) electrons. The average molecular weight is 158 g/mol. The quantitative estimate of drug-likeness (QED) is 0.574. The van der Waals surface area contributed by atoms with E-state index in [-0.39, 0.29) is 6.10 Å². The van der Waals surface area contributed by atoms with Crippen molar-refractivity contribution in [2.45, 2.75) is 53.1 Å². The standard InChI is InChI=1S/C8H16O.C2H6/c1-6-3-4-7(2)8(9)5-6;1-2/h6-9H,3-5H2,1-2H3;1-2H3/t6?,7-,8?;/m1./s1. The lowest BCUT2D eigenvalue weighted by atomic mass is 9.82. The number of hydrogen-bond acceptors (Lipinski definition) is 1. The second-order valence-electron chi connectivity index (χ2n) is 3.46. The first-order chi connectivity index (χ1) is 5.20. The maximum absolute atomic E-state index is 9.35. The van der Waals surface area contributed by atoms with E-state index >= 15 is 0 Å². The summed E-state index contributed by atoms with van der Waals surface area (Å²) in [6.07, 6.45) is 3.51. The van der Waals surface area contributed by atoms with E-state index in [2.05, 4.69) is 13.8 Å². The van der Waals surface area contributed by atoms with Crippen LogP contribution in [0.2, 0.25) is 0 Å². The highest BCUT2D eigenvalue weighted by molar-refractivity contribution is 4.74. The third-order valence-corrected chi connectivity index (χ3v) is 2.42. The van der Waals surface area contributed by atoms with Gasteiger partial charge in [-0.05, 0) is 24.7 Å². The number of aliphatic hydroxyl groups is 1. The van der Waals surface area contributed by atoms with E-state index in [1.165, 1.54) is 12.8 Å². The second-order valence-corrected chi connectivity index (χ2v) is 3.46. The minimum atomic E-state index is -0.0197. The molecule has 1 aliphatic rings. The van der Waals surface area contributed by atoms with Gasteiger partial charge in [0.15, 0.2) is 0 Å². The fraction of sp³-hybridized carbons (Fsp3) is 1.00. The lowest BCUT2D eigenvalue weighted by Gasteiger charge is -2.28. The van der Waals surface area contributed by atoms with E-state index in [4.69, 9.17) is 0 Å². The molecule has 0 heterocycles. The van der Waals surface area contributed by atoms with Crippen molar-refractivity contribution < 1.29 is 5.11 Å². The Bertz CT molecular complexity index is 90.9. The molecule has 11 heavy (non-hydrogen) atoms. The van der Waals surface area contributed by atoms with Gasteiger partial charge < -0.3 is 5.11 Å². The Kier molecular flexibility index (Phi) is 5.57. The summed E-state index contributed by atoms with van der Waals surface area (Å²) in [6.45, 7) is 8.35. The summed E-state index contributed by atoms with van der Waals surface area (Å²) in [6, 6.07) is 0. The SMILES string of the molecule is CC.CC1CC[C@@H](C)C(O)C1. The number of rotatable bonds is 0. The highest BCUT2D eigenvalue weighted by atomic mass is 16.3. The summed E-state index contributed by atoms with van der Waals surface area (Å²) in [5.74, 6) is 1.29. The summed E-state index contributed by atoms with van der Waals surface area (Å²) >= 11 is 0. The zero-order valence-electron chi connectivity index (χ0n) is 8.30. The molecule has 0 amide bonds. The maximum atomic E-state index is 9.35. The monoisotopic (exact) mass is 158 g/mol. The number of hydrogen-bond donors (Lipinski definition) is 1. The molecule has 2 unspecified atom stereocenters. The molecule has 0 saturated heterocycles. The summed E-state index contributed by atoms with van der Waals surface area (Å²) in [7, 11) is 0. The Morgan fingerprint density at radius 3 is 2.00 bits per heavy atom. The Morgan fingerprint density at radius 2 is 1.64 bits per heavy atom. The summed E-state index contributed by atoms with van der Waals surface area (Å²) in [5.41, 5.74) is 0. The molecule has 1 heteroatoms. The molecule has 1 nitrogen and oxygen atoms in total. The molecule has 68 valence electrons. The fourth-order valence-electron chi connectivity index (χ4n) is 1.50. The average Bonchev–Trinajstić information content (AvgIpc) is 2.02. The van der Waals surface area contributed by atoms with Crippen LogP contribution >= 0.6 is 0 Å². The molecule has 1 N–H and O–H groups in total. The molecule has 0 bridgehead atoms. The summed E-state index contributed by atoms with van der Waals surface area (Å²) in [4.78, 5) is 0. The van der Waals surface area contributed by atoms with Gasteiger partial charge in [-0.3, -0.25) is 0 Å². The van der Waals surface area contributed by atoms with E-state index in [1.54, 1.807) is 0 Å². The maximum Gasteiger partial charge on any atom is 0.0568 e. The Hall–Kier alpha value is -0.0400. The van der Waals surface area contributed by atoms with Gasteiger partial charge in [0.05, 0.1) is 6.10 Å². The molecule has 0 aromatic carbocycles. The predicted octanol–water partition coefficient (Wildman–Crippen LogP) is 2.83. The van der Waals surface area contributed by atoms with Crippen molar-refractivity contribution in [3.63, 3.8) is 0 Å². The molecule has 1 aliphatic carbocycles. The van der Waals surface area contributed by atoms with Gasteiger partial charge in [-0.2, -0.15) is 0 Å². The van der Waals surface area contributed by atoms with Gasteiger partial charge in [0.25, 0.3) is 0 Å². The van der Waals surface area contributed by atoms with Crippen LogP contribution in [-0.4, -0.2) is 11.2 Å². The molecule has 0 aromatic rings. The molecule has 1 fully saturated rings. The van der Waals surface area contributed by atoms with Gasteiger partial charge in [-0.1, -0.05) is 34.1 Å². The molecule has 3 atom stereocenters. The molecule has 0 aliphatic heterocycles. The topological polar surface area (TPSA) is 20.2 Å². The largest absolute Gasteiger partial charge is 0.393 e. The second kappa shape index (κ2) is 5.59. The molecule has 0 spiro atoms. The van der Waals surface area contributed by atoms with Crippen LogP contribution in [0.5, 0.6) is 0 Å². The normalized spacial score (nSPS) is 37.4. The third-order valence-electron chi connectivity index (χ3n) is 2.42. The molecular weight excluding hydrogens is 136 g/mol. The molecular formula is C10H22O. The fourth-order valence-corrected chi connectivity index (χ4v) is 1.50. The third kappa shape index (κ3) is 3.76. The number of aliphatic hydroxyl groups excluding tert-OH is 1. The van der Waals surface area contributed by atoms with Gasteiger partial charge in [0, 0.05) is 0 Å². The predicted molar refractivity (Wildman–Crippen MR) is 49.5 cm³/mol. The Labute approximate surface area is 70.8 Å². The van der Waals surface area contributed by atoms with Crippen LogP contribution in [0, 0.1) is 11.8 Å². The first kappa shape index (κ1) is 11.0. The Balaban J connectivity index is 0.000000461. The highest BCUT2D eigenvalue weighted by Gasteiger charge is 2.22. The van der Waals surface area contributed by atoms with Crippen LogP contribution in [0.25, 0.3) is 0 Å². The van der Waals surface area contributed by atoms with Crippen molar-refractivity contribution in [1.29, 1.82) is 0 Å². The van der Waals surface area contributed by atoms with Crippen LogP contribution in [0.4, 0.5) is 0 Å². The van der Waals surface area contributed by atoms with E-state index in [9.17, 15) is 5.11 Å². The molecule has 1 rings (SSSR count). The van der Waals surface area contributed by atoms with E-state index < -0.39 is 0 Å². The molecule has 1 saturated carbocycles. The van der Waals surface area contributed by atoms with Crippen LogP contribution < -0.4 is 0 Å². The first-order valence-electron chi connectivity index (χ1n) is 4.88. The summed E-state index contributed by atoms with van der Waals surface area (Å²) < 4.78 is 0. The van der Waals surface area contributed by atoms with Crippen molar-refractivity contribution in [3.8, 4) is 0 Å². The van der Waals surface area contributed by atoms with Crippen LogP contribution in [0.3, 0.4) is 0 Å². The van der Waals surface area contributed by atoms with Crippen LogP contribution in [-0.2, 0) is 0 Å². The highest BCUT2D eigenvalue weighted by Crippen LogP contribution is 2.27. The van der Waals surface area contributed by atoms with Crippen molar-refractivity contribution in [3.05, 3.63) is 0 Å². The van der Waals surface area contributed by atoms with E-state index in [0.717, 1.165) is 12.3 Å². The minimum Gasteiger partial charge on any atom is -0.393 e. The first-order valence-corrected chi connectivity index (χ1v) is 4.88. The summed E-state index contributed by atoms with van der Waals surface area (Å²) in [5, 5.41) is 9.35. The van der Waals surface area contributed by atoms with Crippen molar-refractivity contribution in [2.75, 3.05) is 0 Å². The van der Waals surface area contributed by atoms with Gasteiger partial charge in [0.2, 0.25) is 0 Å². The van der Waals surface area contributed by atoms with Crippen LogP contribution in [0.1, 0.15) is 47.0 Å². The minimum absolute atomic E-state index is 0.0197. The van der Waals surface area contributed by atoms with Crippen molar-refractivity contribution in [2.24, 2.45) is 11.8 Å². The van der Waals surface area contributed by atoms with Crippen molar-refractivity contribution >= 4 is 0 Å². The lowest BCUT2D eigenvalue weighted by Crippen LogP contribution is -2.25. The zero-order valence-corrected chi connectivity index (χ0v) is 8.30. The molecule has 0 aromatic heterocycles.